The van der Waals surface area contributed by atoms with E-state index in [1.54, 1.807) is 0 Å². The third kappa shape index (κ3) is 4.37. The van der Waals surface area contributed by atoms with E-state index in [2.05, 4.69) is 0 Å². The molecule has 1 rings (SSSR count). The molecule has 6 heteroatoms. The molecular formula is C10H11F4NO. The topological polar surface area (TPSA) is 35.2 Å². The molecule has 0 aliphatic heterocycles. The van der Waals surface area contributed by atoms with E-state index in [-0.39, 0.29) is 24.5 Å². The largest absolute Gasteiger partial charge is 0.491 e. The van der Waals surface area contributed by atoms with E-state index in [0.29, 0.717) is 0 Å². The van der Waals surface area contributed by atoms with E-state index in [4.69, 9.17) is 10.5 Å². The first-order valence-corrected chi connectivity index (χ1v) is 4.63. The van der Waals surface area contributed by atoms with E-state index in [1.807, 2.05) is 0 Å². The number of rotatable bonds is 4. The minimum absolute atomic E-state index is 0.0867. The number of hydrogen-bond acceptors (Lipinski definition) is 2. The Bertz CT molecular complexity index is 351. The second-order valence-corrected chi connectivity index (χ2v) is 3.26. The normalized spacial score (nSPS) is 11.5. The van der Waals surface area contributed by atoms with Crippen LogP contribution >= 0.6 is 0 Å². The molecule has 0 heterocycles. The second-order valence-electron chi connectivity index (χ2n) is 3.26. The van der Waals surface area contributed by atoms with Gasteiger partial charge in [-0.1, -0.05) is 0 Å². The lowest BCUT2D eigenvalue weighted by atomic mass is 10.3. The highest BCUT2D eigenvalue weighted by atomic mass is 19.4. The first-order valence-electron chi connectivity index (χ1n) is 4.63. The highest BCUT2D eigenvalue weighted by Crippen LogP contribution is 2.23. The van der Waals surface area contributed by atoms with Crippen LogP contribution in [0.25, 0.3) is 0 Å². The van der Waals surface area contributed by atoms with Gasteiger partial charge in [0, 0.05) is 18.2 Å². The van der Waals surface area contributed by atoms with Gasteiger partial charge in [-0.15, -0.1) is 0 Å². The fourth-order valence-electron chi connectivity index (χ4n) is 1.09. The first-order chi connectivity index (χ1) is 7.38. The molecule has 0 aromatic heterocycles. The van der Waals surface area contributed by atoms with Crippen molar-refractivity contribution >= 4 is 5.69 Å². The van der Waals surface area contributed by atoms with Crippen molar-refractivity contribution in [3.63, 3.8) is 0 Å². The number of anilines is 1. The molecule has 0 radical (unpaired) electrons. The third-order valence-corrected chi connectivity index (χ3v) is 1.82. The number of halogens is 4. The van der Waals surface area contributed by atoms with Crippen molar-refractivity contribution < 1.29 is 22.3 Å². The van der Waals surface area contributed by atoms with Crippen LogP contribution < -0.4 is 10.5 Å². The molecule has 0 spiro atoms. The zero-order valence-corrected chi connectivity index (χ0v) is 8.35. The molecule has 2 N–H and O–H groups in total. The monoisotopic (exact) mass is 237 g/mol. The fourth-order valence-corrected chi connectivity index (χ4v) is 1.09. The predicted octanol–water partition coefficient (Wildman–Crippen LogP) is 3.13. The number of nitrogen functional groups attached to an aromatic ring is 1. The van der Waals surface area contributed by atoms with Crippen LogP contribution in [-0.2, 0) is 0 Å². The zero-order valence-electron chi connectivity index (χ0n) is 8.35. The van der Waals surface area contributed by atoms with Crippen LogP contribution in [0.2, 0.25) is 0 Å². The van der Waals surface area contributed by atoms with Crippen molar-refractivity contribution in [3.05, 3.63) is 24.0 Å². The smallest absolute Gasteiger partial charge is 0.389 e. The van der Waals surface area contributed by atoms with Crippen molar-refractivity contribution in [2.45, 2.75) is 19.0 Å². The third-order valence-electron chi connectivity index (χ3n) is 1.82. The van der Waals surface area contributed by atoms with E-state index < -0.39 is 18.4 Å². The van der Waals surface area contributed by atoms with Gasteiger partial charge in [-0.3, -0.25) is 0 Å². The molecular weight excluding hydrogens is 226 g/mol. The van der Waals surface area contributed by atoms with Crippen LogP contribution in [0.1, 0.15) is 12.8 Å². The average molecular weight is 237 g/mol. The van der Waals surface area contributed by atoms with Gasteiger partial charge in [0.2, 0.25) is 0 Å². The van der Waals surface area contributed by atoms with E-state index >= 15 is 0 Å². The van der Waals surface area contributed by atoms with Gasteiger partial charge in [0.05, 0.1) is 6.61 Å². The van der Waals surface area contributed by atoms with Crippen molar-refractivity contribution in [3.8, 4) is 5.75 Å². The molecule has 0 bridgehead atoms. The van der Waals surface area contributed by atoms with E-state index in [9.17, 15) is 17.6 Å². The predicted molar refractivity (Wildman–Crippen MR) is 51.6 cm³/mol. The van der Waals surface area contributed by atoms with Crippen molar-refractivity contribution in [2.75, 3.05) is 12.3 Å². The molecule has 0 saturated heterocycles. The molecule has 0 amide bonds. The lowest BCUT2D eigenvalue weighted by molar-refractivity contribution is -0.136. The number of alkyl halides is 3. The second kappa shape index (κ2) is 5.05. The molecule has 0 unspecified atom stereocenters. The van der Waals surface area contributed by atoms with E-state index in [0.717, 1.165) is 6.07 Å². The fraction of sp³-hybridized carbons (Fsp3) is 0.400. The maximum absolute atomic E-state index is 13.1. The highest BCUT2D eigenvalue weighted by Gasteiger charge is 2.26. The molecule has 0 atom stereocenters. The van der Waals surface area contributed by atoms with Crippen LogP contribution in [0, 0.1) is 5.82 Å². The molecule has 16 heavy (non-hydrogen) atoms. The molecule has 0 saturated carbocycles. The van der Waals surface area contributed by atoms with Crippen molar-refractivity contribution in [1.82, 2.24) is 0 Å². The lowest BCUT2D eigenvalue weighted by Gasteiger charge is -2.09. The summed E-state index contributed by atoms with van der Waals surface area (Å²) in [6.07, 6.45) is -5.35. The van der Waals surface area contributed by atoms with Gasteiger partial charge in [-0.05, 0) is 18.6 Å². The SMILES string of the molecule is Nc1ccc(OCCCC(F)(F)F)c(F)c1. The van der Waals surface area contributed by atoms with Gasteiger partial charge in [0.25, 0.3) is 0 Å². The maximum Gasteiger partial charge on any atom is 0.389 e. The van der Waals surface area contributed by atoms with Crippen molar-refractivity contribution in [1.29, 1.82) is 0 Å². The van der Waals surface area contributed by atoms with Crippen LogP contribution in [-0.4, -0.2) is 12.8 Å². The average Bonchev–Trinajstić information content (AvgIpc) is 2.13. The van der Waals surface area contributed by atoms with Crippen LogP contribution in [0.4, 0.5) is 23.2 Å². The molecule has 1 aromatic rings. The van der Waals surface area contributed by atoms with Crippen LogP contribution in [0.15, 0.2) is 18.2 Å². The summed E-state index contributed by atoms with van der Waals surface area (Å²) in [7, 11) is 0. The Labute approximate surface area is 90.0 Å². The number of ether oxygens (including phenoxy) is 1. The maximum atomic E-state index is 13.1. The summed E-state index contributed by atoms with van der Waals surface area (Å²) in [6, 6.07) is 3.76. The Morgan fingerprint density at radius 3 is 2.50 bits per heavy atom. The first kappa shape index (κ1) is 12.6. The molecule has 0 fully saturated rings. The number of nitrogens with two attached hydrogens (primary N) is 1. The summed E-state index contributed by atoms with van der Waals surface area (Å²) in [5.41, 5.74) is 5.53. The summed E-state index contributed by atoms with van der Waals surface area (Å²) in [6.45, 7) is -0.180. The van der Waals surface area contributed by atoms with Gasteiger partial charge < -0.3 is 10.5 Å². The summed E-state index contributed by atoms with van der Waals surface area (Å²) in [5.74, 6) is -0.761. The molecule has 0 aliphatic rings. The Morgan fingerprint density at radius 1 is 1.25 bits per heavy atom. The Morgan fingerprint density at radius 2 is 1.94 bits per heavy atom. The molecule has 90 valence electrons. The summed E-state index contributed by atoms with van der Waals surface area (Å²) < 4.78 is 53.2. The lowest BCUT2D eigenvalue weighted by Crippen LogP contribution is -2.10. The summed E-state index contributed by atoms with van der Waals surface area (Å²) in [5, 5.41) is 0. The minimum atomic E-state index is -4.21. The minimum Gasteiger partial charge on any atom is -0.491 e. The van der Waals surface area contributed by atoms with Gasteiger partial charge in [0.15, 0.2) is 11.6 Å². The van der Waals surface area contributed by atoms with Gasteiger partial charge in [-0.2, -0.15) is 13.2 Å². The van der Waals surface area contributed by atoms with Crippen LogP contribution in [0.3, 0.4) is 0 Å². The van der Waals surface area contributed by atoms with Gasteiger partial charge in [0.1, 0.15) is 0 Å². The number of benzene rings is 1. The molecule has 0 aliphatic carbocycles. The van der Waals surface area contributed by atoms with Crippen LogP contribution in [0.5, 0.6) is 5.75 Å². The Balaban J connectivity index is 2.38. The molecule has 2 nitrogen and oxygen atoms in total. The number of hydrogen-bond donors (Lipinski definition) is 1. The Hall–Kier alpha value is -1.46. The zero-order chi connectivity index (χ0) is 12.2. The quantitative estimate of drug-likeness (QED) is 0.496. The highest BCUT2D eigenvalue weighted by molar-refractivity contribution is 5.42. The molecule has 1 aromatic carbocycles. The Kier molecular flexibility index (Phi) is 3.98. The summed E-state index contributed by atoms with van der Waals surface area (Å²) >= 11 is 0. The van der Waals surface area contributed by atoms with Crippen molar-refractivity contribution in [2.24, 2.45) is 0 Å². The summed E-state index contributed by atoms with van der Waals surface area (Å²) in [4.78, 5) is 0. The van der Waals surface area contributed by atoms with Gasteiger partial charge >= 0.3 is 6.18 Å². The standard InChI is InChI=1S/C10H11F4NO/c11-8-6-7(15)2-3-9(8)16-5-1-4-10(12,13)14/h2-3,6H,1,4-5,15H2. The van der Waals surface area contributed by atoms with E-state index in [1.165, 1.54) is 12.1 Å². The van der Waals surface area contributed by atoms with Gasteiger partial charge in [-0.25, -0.2) is 4.39 Å².